The van der Waals surface area contributed by atoms with Gasteiger partial charge in [0.05, 0.1) is 6.61 Å². The van der Waals surface area contributed by atoms with Gasteiger partial charge in [-0.25, -0.2) is 0 Å². The third-order valence-electron chi connectivity index (χ3n) is 5.60. The fourth-order valence-corrected chi connectivity index (χ4v) is 4.16. The lowest BCUT2D eigenvalue weighted by molar-refractivity contribution is -0.560. The van der Waals surface area contributed by atoms with E-state index in [9.17, 15) is 0 Å². The molecule has 2 aromatic rings. The predicted octanol–water partition coefficient (Wildman–Crippen LogP) is 2.52. The second-order valence-electron chi connectivity index (χ2n) is 7.22. The van der Waals surface area contributed by atoms with Crippen molar-refractivity contribution in [3.8, 4) is 0 Å². The van der Waals surface area contributed by atoms with Crippen molar-refractivity contribution in [1.82, 2.24) is 5.32 Å². The maximum Gasteiger partial charge on any atom is 0.345 e. The summed E-state index contributed by atoms with van der Waals surface area (Å²) in [5.74, 6) is 0.691. The highest BCUT2D eigenvalue weighted by atomic mass is 16.5. The number of aromatic nitrogens is 1. The minimum atomic E-state index is -0.153. The highest BCUT2D eigenvalue weighted by Crippen LogP contribution is 2.32. The SMILES string of the molecule is c1cc[n+]2c(c1)=NC(c1ccc([C@@H]3N[C@@H]4CCCC[C@H]4CO3)cc1)N=2. The molecule has 3 heterocycles. The molecule has 1 unspecified atom stereocenters. The van der Waals surface area contributed by atoms with Crippen molar-refractivity contribution in [3.63, 3.8) is 0 Å². The summed E-state index contributed by atoms with van der Waals surface area (Å²) in [4.78, 5) is 4.67. The summed E-state index contributed by atoms with van der Waals surface area (Å²) in [7, 11) is 0. The number of benzene rings is 1. The third kappa shape index (κ3) is 2.87. The average Bonchev–Trinajstić information content (AvgIpc) is 3.12. The number of nitrogens with zero attached hydrogens (tertiary/aromatic N) is 3. The number of pyridine rings is 1. The molecule has 0 amide bonds. The van der Waals surface area contributed by atoms with E-state index < -0.39 is 0 Å². The summed E-state index contributed by atoms with van der Waals surface area (Å²) in [6.07, 6.45) is 7.05. The topological polar surface area (TPSA) is 51.9 Å². The molecule has 1 aromatic carbocycles. The van der Waals surface area contributed by atoms with Gasteiger partial charge in [-0.05, 0) is 35.4 Å². The molecule has 5 rings (SSSR count). The quantitative estimate of drug-likeness (QED) is 0.858. The van der Waals surface area contributed by atoms with Gasteiger partial charge in [0.1, 0.15) is 12.4 Å². The summed E-state index contributed by atoms with van der Waals surface area (Å²) in [6, 6.07) is 15.1. The van der Waals surface area contributed by atoms with Crippen LogP contribution < -0.4 is 15.2 Å². The van der Waals surface area contributed by atoms with Crippen LogP contribution >= 0.6 is 0 Å². The van der Waals surface area contributed by atoms with Crippen LogP contribution in [0.2, 0.25) is 0 Å². The molecule has 2 aliphatic heterocycles. The molecule has 3 aliphatic rings. The fraction of sp³-hybridized carbons (Fsp3) is 0.450. The van der Waals surface area contributed by atoms with Gasteiger partial charge in [-0.15, -0.1) is 4.36 Å². The zero-order chi connectivity index (χ0) is 16.6. The summed E-state index contributed by atoms with van der Waals surface area (Å²) >= 11 is 0. The van der Waals surface area contributed by atoms with Gasteiger partial charge < -0.3 is 4.74 Å². The first-order valence-corrected chi connectivity index (χ1v) is 9.27. The predicted molar refractivity (Wildman–Crippen MR) is 92.4 cm³/mol. The van der Waals surface area contributed by atoms with E-state index in [2.05, 4.69) is 39.7 Å². The van der Waals surface area contributed by atoms with E-state index in [-0.39, 0.29) is 12.4 Å². The molecule has 1 aliphatic carbocycles. The molecule has 0 bridgehead atoms. The Hall–Kier alpha value is -2.11. The Morgan fingerprint density at radius 1 is 1.00 bits per heavy atom. The van der Waals surface area contributed by atoms with Crippen molar-refractivity contribution in [2.45, 2.75) is 44.1 Å². The summed E-state index contributed by atoms with van der Waals surface area (Å²) in [5.41, 5.74) is 3.20. The molecule has 1 saturated heterocycles. The molecule has 4 atom stereocenters. The van der Waals surface area contributed by atoms with Crippen molar-refractivity contribution in [1.29, 1.82) is 0 Å². The molecule has 0 spiro atoms. The maximum atomic E-state index is 6.09. The number of fused-ring (bicyclic) bond motifs is 2. The van der Waals surface area contributed by atoms with Gasteiger partial charge in [-0.3, -0.25) is 5.32 Å². The van der Waals surface area contributed by atoms with Crippen LogP contribution in [-0.2, 0) is 4.74 Å². The van der Waals surface area contributed by atoms with Crippen LogP contribution in [0.1, 0.15) is 49.2 Å². The molecule has 0 radical (unpaired) electrons. The second-order valence-corrected chi connectivity index (χ2v) is 7.22. The number of rotatable bonds is 2. The van der Waals surface area contributed by atoms with Crippen molar-refractivity contribution < 1.29 is 9.10 Å². The largest absolute Gasteiger partial charge is 0.359 e. The van der Waals surface area contributed by atoms with Gasteiger partial charge in [0.15, 0.2) is 0 Å². The number of ether oxygens (including phenoxy) is 1. The molecular formula is C20H23N4O+. The van der Waals surface area contributed by atoms with Crippen LogP contribution in [0, 0.1) is 5.92 Å². The highest BCUT2D eigenvalue weighted by molar-refractivity contribution is 5.26. The van der Waals surface area contributed by atoms with Gasteiger partial charge in [-0.1, -0.05) is 48.3 Å². The first kappa shape index (κ1) is 15.2. The molecular weight excluding hydrogens is 312 g/mol. The highest BCUT2D eigenvalue weighted by Gasteiger charge is 2.33. The Kier molecular flexibility index (Phi) is 3.83. The van der Waals surface area contributed by atoms with Crippen LogP contribution in [0.4, 0.5) is 0 Å². The Bertz CT molecular complexity index is 844. The zero-order valence-electron chi connectivity index (χ0n) is 14.2. The fourth-order valence-electron chi connectivity index (χ4n) is 4.16. The smallest absolute Gasteiger partial charge is 0.345 e. The molecule has 1 N–H and O–H groups in total. The molecule has 128 valence electrons. The van der Waals surface area contributed by atoms with Crippen LogP contribution in [0.15, 0.2) is 58.8 Å². The number of hydrogen-bond donors (Lipinski definition) is 1. The Morgan fingerprint density at radius 2 is 1.84 bits per heavy atom. The second kappa shape index (κ2) is 6.32. The van der Waals surface area contributed by atoms with Crippen LogP contribution in [0.5, 0.6) is 0 Å². The standard InChI is InChI=1S/C20H23N4O/c1-2-6-17-16(5-1)13-25-20(21-17)15-10-8-14(9-11-15)19-22-18-7-3-4-12-24(18)23-19/h3-4,7-12,16-17,19-21H,1-2,5-6,13H2/q+1/t16-,17+,19?,20+/m0/s1. The lowest BCUT2D eigenvalue weighted by Crippen LogP contribution is -2.48. The maximum absolute atomic E-state index is 6.09. The van der Waals surface area contributed by atoms with Gasteiger partial charge in [-0.2, -0.15) is 0 Å². The number of hydrogen-bond acceptors (Lipinski definition) is 4. The van der Waals surface area contributed by atoms with Crippen LogP contribution in [-0.4, -0.2) is 12.6 Å². The van der Waals surface area contributed by atoms with E-state index >= 15 is 0 Å². The van der Waals surface area contributed by atoms with Crippen molar-refractivity contribution in [2.75, 3.05) is 6.61 Å². The average molecular weight is 335 g/mol. The first-order chi connectivity index (χ1) is 12.4. The van der Waals surface area contributed by atoms with E-state index in [0.717, 1.165) is 17.7 Å². The monoisotopic (exact) mass is 335 g/mol. The first-order valence-electron chi connectivity index (χ1n) is 9.27. The van der Waals surface area contributed by atoms with E-state index in [1.165, 1.54) is 31.2 Å². The summed E-state index contributed by atoms with van der Waals surface area (Å²) in [5, 5.41) is 8.32. The lowest BCUT2D eigenvalue weighted by atomic mass is 9.84. The van der Waals surface area contributed by atoms with Crippen molar-refractivity contribution in [3.05, 3.63) is 65.3 Å². The van der Waals surface area contributed by atoms with E-state index in [1.54, 1.807) is 0 Å². The zero-order valence-corrected chi connectivity index (χ0v) is 14.2. The van der Waals surface area contributed by atoms with Gasteiger partial charge in [0.2, 0.25) is 0 Å². The summed E-state index contributed by atoms with van der Waals surface area (Å²) < 4.78 is 7.93. The summed E-state index contributed by atoms with van der Waals surface area (Å²) in [6.45, 7) is 0.878. The minimum Gasteiger partial charge on any atom is -0.359 e. The van der Waals surface area contributed by atoms with Crippen LogP contribution in [0.25, 0.3) is 0 Å². The third-order valence-corrected chi connectivity index (χ3v) is 5.60. The van der Waals surface area contributed by atoms with Gasteiger partial charge >= 0.3 is 5.49 Å². The Balaban J connectivity index is 1.33. The van der Waals surface area contributed by atoms with Crippen molar-refractivity contribution in [2.24, 2.45) is 16.0 Å². The van der Waals surface area contributed by atoms with Crippen molar-refractivity contribution >= 4 is 0 Å². The normalized spacial score (nSPS) is 30.7. The van der Waals surface area contributed by atoms with E-state index in [1.807, 2.05) is 28.8 Å². The Labute approximate surface area is 147 Å². The molecule has 25 heavy (non-hydrogen) atoms. The molecule has 1 aromatic heterocycles. The van der Waals surface area contributed by atoms with Gasteiger partial charge in [0, 0.05) is 17.7 Å². The van der Waals surface area contributed by atoms with E-state index in [4.69, 9.17) is 4.74 Å². The lowest BCUT2D eigenvalue weighted by Gasteiger charge is -2.40. The number of nitrogens with one attached hydrogen (secondary N) is 1. The molecule has 2 fully saturated rings. The molecule has 5 nitrogen and oxygen atoms in total. The van der Waals surface area contributed by atoms with Gasteiger partial charge in [0.25, 0.3) is 6.17 Å². The Morgan fingerprint density at radius 3 is 2.72 bits per heavy atom. The van der Waals surface area contributed by atoms with Crippen LogP contribution in [0.3, 0.4) is 0 Å². The minimum absolute atomic E-state index is 0.0115. The van der Waals surface area contributed by atoms with E-state index in [0.29, 0.717) is 12.0 Å². The molecule has 5 heteroatoms. The molecule has 1 saturated carbocycles.